The minimum absolute atomic E-state index is 0.481. The highest BCUT2D eigenvalue weighted by molar-refractivity contribution is 5.14. The van der Waals surface area contributed by atoms with E-state index in [2.05, 4.69) is 36.1 Å². The summed E-state index contributed by atoms with van der Waals surface area (Å²) >= 11 is 0. The van der Waals surface area contributed by atoms with Crippen molar-refractivity contribution in [2.75, 3.05) is 13.7 Å². The van der Waals surface area contributed by atoms with Gasteiger partial charge in [-0.1, -0.05) is 27.2 Å². The van der Waals surface area contributed by atoms with E-state index in [1.165, 1.54) is 12.8 Å². The Hall–Kier alpha value is -1.16. The number of methoxy groups -OCH3 is 1. The molecule has 1 aromatic rings. The van der Waals surface area contributed by atoms with Crippen LogP contribution in [-0.2, 0) is 6.42 Å². The smallest absolute Gasteiger partial charge is 0.216 e. The molecule has 4 nitrogen and oxygen atoms in total. The highest BCUT2D eigenvalue weighted by atomic mass is 16.5. The van der Waals surface area contributed by atoms with Gasteiger partial charge >= 0.3 is 0 Å². The van der Waals surface area contributed by atoms with Crippen LogP contribution in [0.3, 0.4) is 0 Å². The topological polar surface area (TPSA) is 47.0 Å². The Bertz CT molecular complexity index is 357. The maximum atomic E-state index is 5.15. The summed E-state index contributed by atoms with van der Waals surface area (Å²) in [6.45, 7) is 7.81. The first kappa shape index (κ1) is 15.9. The third-order valence-corrected chi connectivity index (χ3v) is 3.43. The highest BCUT2D eigenvalue weighted by Crippen LogP contribution is 2.15. The molecule has 0 aliphatic heterocycles. The Morgan fingerprint density at radius 1 is 1.32 bits per heavy atom. The minimum Gasteiger partial charge on any atom is -0.481 e. The van der Waals surface area contributed by atoms with Gasteiger partial charge in [-0.3, -0.25) is 0 Å². The van der Waals surface area contributed by atoms with Gasteiger partial charge in [0, 0.05) is 24.2 Å². The molecule has 2 atom stereocenters. The molecule has 0 aromatic carbocycles. The van der Waals surface area contributed by atoms with E-state index in [9.17, 15) is 0 Å². The van der Waals surface area contributed by atoms with Crippen molar-refractivity contribution in [3.8, 4) is 5.88 Å². The maximum Gasteiger partial charge on any atom is 0.216 e. The predicted octanol–water partition coefficient (Wildman–Crippen LogP) is 2.83. The average molecular weight is 265 g/mol. The number of ether oxygens (including phenoxy) is 1. The van der Waals surface area contributed by atoms with Crippen molar-refractivity contribution in [3.05, 3.63) is 18.1 Å². The number of hydrogen-bond acceptors (Lipinski definition) is 4. The van der Waals surface area contributed by atoms with E-state index in [-0.39, 0.29) is 0 Å². The van der Waals surface area contributed by atoms with Crippen LogP contribution in [0.15, 0.2) is 12.4 Å². The minimum atomic E-state index is 0.481. The van der Waals surface area contributed by atoms with Crippen molar-refractivity contribution in [3.63, 3.8) is 0 Å². The molecular formula is C15H27N3O. The number of rotatable bonds is 9. The van der Waals surface area contributed by atoms with Crippen molar-refractivity contribution < 1.29 is 4.74 Å². The van der Waals surface area contributed by atoms with Gasteiger partial charge in [-0.2, -0.15) is 0 Å². The van der Waals surface area contributed by atoms with Crippen LogP contribution in [0.25, 0.3) is 0 Å². The normalized spacial score (nSPS) is 14.1. The molecule has 0 aliphatic rings. The monoisotopic (exact) mass is 265 g/mol. The summed E-state index contributed by atoms with van der Waals surface area (Å²) in [6, 6.07) is 2.41. The van der Waals surface area contributed by atoms with E-state index in [1.807, 2.05) is 6.07 Å². The Balaban J connectivity index is 2.63. The fraction of sp³-hybridized carbons (Fsp3) is 0.733. The second-order valence-corrected chi connectivity index (χ2v) is 5.16. The van der Waals surface area contributed by atoms with Crippen LogP contribution < -0.4 is 10.1 Å². The molecule has 0 saturated heterocycles. The molecule has 1 N–H and O–H groups in total. The second-order valence-electron chi connectivity index (χ2n) is 5.16. The van der Waals surface area contributed by atoms with Gasteiger partial charge in [0.1, 0.15) is 6.33 Å². The van der Waals surface area contributed by atoms with E-state index < -0.39 is 0 Å². The number of nitrogens with one attached hydrogen (secondary N) is 1. The van der Waals surface area contributed by atoms with Gasteiger partial charge in [0.05, 0.1) is 7.11 Å². The molecule has 19 heavy (non-hydrogen) atoms. The molecule has 0 aliphatic carbocycles. The molecule has 0 fully saturated rings. The van der Waals surface area contributed by atoms with Gasteiger partial charge < -0.3 is 10.1 Å². The molecule has 4 heteroatoms. The molecule has 1 rings (SSSR count). The van der Waals surface area contributed by atoms with Crippen LogP contribution in [0, 0.1) is 5.92 Å². The lowest BCUT2D eigenvalue weighted by Gasteiger charge is -2.21. The molecule has 1 heterocycles. The fourth-order valence-corrected chi connectivity index (χ4v) is 2.09. The van der Waals surface area contributed by atoms with Gasteiger partial charge in [-0.05, 0) is 25.3 Å². The maximum absolute atomic E-state index is 5.15. The quantitative estimate of drug-likeness (QED) is 0.746. The lowest BCUT2D eigenvalue weighted by Crippen LogP contribution is -2.33. The third kappa shape index (κ3) is 6.01. The summed E-state index contributed by atoms with van der Waals surface area (Å²) in [5.41, 5.74) is 1.05. The lowest BCUT2D eigenvalue weighted by atomic mass is 9.96. The van der Waals surface area contributed by atoms with E-state index in [4.69, 9.17) is 4.74 Å². The number of nitrogens with zero attached hydrogens (tertiary/aromatic N) is 2. The Kier molecular flexibility index (Phi) is 7.41. The van der Waals surface area contributed by atoms with Gasteiger partial charge in [0.15, 0.2) is 0 Å². The largest absolute Gasteiger partial charge is 0.481 e. The first-order valence-electron chi connectivity index (χ1n) is 7.27. The molecule has 0 saturated carbocycles. The van der Waals surface area contributed by atoms with Crippen LogP contribution >= 0.6 is 0 Å². The molecule has 0 radical (unpaired) electrons. The summed E-state index contributed by atoms with van der Waals surface area (Å²) in [5, 5.41) is 3.62. The third-order valence-electron chi connectivity index (χ3n) is 3.43. The zero-order valence-electron chi connectivity index (χ0n) is 12.6. The van der Waals surface area contributed by atoms with Crippen molar-refractivity contribution in [2.24, 2.45) is 5.92 Å². The van der Waals surface area contributed by atoms with E-state index in [0.717, 1.165) is 31.0 Å². The number of aromatic nitrogens is 2. The number of hydrogen-bond donors (Lipinski definition) is 1. The van der Waals surface area contributed by atoms with Gasteiger partial charge in [-0.25, -0.2) is 9.97 Å². The van der Waals surface area contributed by atoms with Crippen LogP contribution in [0.5, 0.6) is 5.88 Å². The van der Waals surface area contributed by atoms with Crippen LogP contribution in [0.4, 0.5) is 0 Å². The summed E-state index contributed by atoms with van der Waals surface area (Å²) in [4.78, 5) is 8.39. The average Bonchev–Trinajstić information content (AvgIpc) is 2.44. The molecule has 2 unspecified atom stereocenters. The zero-order chi connectivity index (χ0) is 14.1. The lowest BCUT2D eigenvalue weighted by molar-refractivity contribution is 0.383. The predicted molar refractivity (Wildman–Crippen MR) is 78.4 cm³/mol. The van der Waals surface area contributed by atoms with Crippen molar-refractivity contribution >= 4 is 0 Å². The molecule has 1 aromatic heterocycles. The van der Waals surface area contributed by atoms with E-state index in [0.29, 0.717) is 11.9 Å². The Morgan fingerprint density at radius 2 is 2.11 bits per heavy atom. The van der Waals surface area contributed by atoms with Crippen LogP contribution in [0.2, 0.25) is 0 Å². The van der Waals surface area contributed by atoms with Crippen molar-refractivity contribution in [2.45, 2.75) is 52.5 Å². The van der Waals surface area contributed by atoms with E-state index >= 15 is 0 Å². The summed E-state index contributed by atoms with van der Waals surface area (Å²) in [5.74, 6) is 1.38. The van der Waals surface area contributed by atoms with Crippen molar-refractivity contribution in [1.82, 2.24) is 15.3 Å². The first-order chi connectivity index (χ1) is 9.19. The summed E-state index contributed by atoms with van der Waals surface area (Å²) < 4.78 is 5.15. The van der Waals surface area contributed by atoms with Crippen LogP contribution in [0.1, 0.15) is 45.7 Å². The molecule has 0 amide bonds. The Morgan fingerprint density at radius 3 is 2.74 bits per heavy atom. The Labute approximate surface area is 117 Å². The molecule has 0 spiro atoms. The molecular weight excluding hydrogens is 238 g/mol. The fourth-order valence-electron chi connectivity index (χ4n) is 2.09. The van der Waals surface area contributed by atoms with E-state index in [1.54, 1.807) is 13.4 Å². The van der Waals surface area contributed by atoms with Gasteiger partial charge in [-0.15, -0.1) is 0 Å². The molecule has 0 bridgehead atoms. The molecule has 108 valence electrons. The standard InChI is InChI=1S/C15H27N3O/c1-5-7-16-13(8-12(3)6-2)9-14-10-15(19-4)18-11-17-14/h10-13,16H,5-9H2,1-4H3. The summed E-state index contributed by atoms with van der Waals surface area (Å²) in [7, 11) is 1.64. The van der Waals surface area contributed by atoms with Crippen molar-refractivity contribution in [1.29, 1.82) is 0 Å². The highest BCUT2D eigenvalue weighted by Gasteiger charge is 2.13. The first-order valence-corrected chi connectivity index (χ1v) is 7.27. The zero-order valence-corrected chi connectivity index (χ0v) is 12.6. The van der Waals surface area contributed by atoms with Crippen LogP contribution in [-0.4, -0.2) is 29.7 Å². The summed E-state index contributed by atoms with van der Waals surface area (Å²) in [6.07, 6.45) is 6.07. The SMILES string of the molecule is CCCNC(Cc1cc(OC)ncn1)CC(C)CC. The van der Waals surface area contributed by atoms with Gasteiger partial charge in [0.2, 0.25) is 5.88 Å². The van der Waals surface area contributed by atoms with Gasteiger partial charge in [0.25, 0.3) is 0 Å². The second kappa shape index (κ2) is 8.86.